The van der Waals surface area contributed by atoms with Crippen LogP contribution in [0.15, 0.2) is 48.7 Å². The summed E-state index contributed by atoms with van der Waals surface area (Å²) in [5.41, 5.74) is 3.49. The third kappa shape index (κ3) is 5.57. The maximum Gasteiger partial charge on any atom is 0.414 e. The SMILES string of the molecule is CC(=O)NC[C@H]1CN(c2ccc(-c3ccc(Cn4cc(CN(C)C)nn4)cc3)c(F)c2)C(=O)O1. The van der Waals surface area contributed by atoms with Gasteiger partial charge >= 0.3 is 6.09 Å². The number of ether oxygens (including phenoxy) is 1. The maximum absolute atomic E-state index is 15.0. The molecule has 0 aliphatic carbocycles. The molecule has 1 aliphatic rings. The van der Waals surface area contributed by atoms with Gasteiger partial charge in [-0.15, -0.1) is 5.10 Å². The van der Waals surface area contributed by atoms with Crippen molar-refractivity contribution in [2.24, 2.45) is 0 Å². The van der Waals surface area contributed by atoms with Crippen LogP contribution in [-0.2, 0) is 22.6 Å². The highest BCUT2D eigenvalue weighted by molar-refractivity contribution is 5.90. The molecule has 1 N–H and O–H groups in total. The molecule has 0 spiro atoms. The molecule has 34 heavy (non-hydrogen) atoms. The molecule has 0 bridgehead atoms. The summed E-state index contributed by atoms with van der Waals surface area (Å²) in [4.78, 5) is 26.7. The van der Waals surface area contributed by atoms with Crippen LogP contribution in [-0.4, -0.2) is 65.2 Å². The number of carbonyl (C=O) groups excluding carboxylic acids is 2. The fourth-order valence-corrected chi connectivity index (χ4v) is 3.79. The Hall–Kier alpha value is -3.79. The molecule has 0 unspecified atom stereocenters. The van der Waals surface area contributed by atoms with Gasteiger partial charge in [0.15, 0.2) is 0 Å². The van der Waals surface area contributed by atoms with Crippen molar-refractivity contribution in [2.75, 3.05) is 32.1 Å². The topological polar surface area (TPSA) is 92.6 Å². The van der Waals surface area contributed by atoms with Gasteiger partial charge in [0, 0.05) is 19.0 Å². The highest BCUT2D eigenvalue weighted by Gasteiger charge is 2.32. The highest BCUT2D eigenvalue weighted by Crippen LogP contribution is 2.29. The van der Waals surface area contributed by atoms with Crippen LogP contribution in [0, 0.1) is 5.82 Å². The molecule has 2 heterocycles. The molecule has 1 aromatic heterocycles. The minimum atomic E-state index is -0.561. The first-order valence-electron chi connectivity index (χ1n) is 10.9. The summed E-state index contributed by atoms with van der Waals surface area (Å²) in [7, 11) is 3.95. The van der Waals surface area contributed by atoms with Crippen molar-refractivity contribution in [1.29, 1.82) is 0 Å². The standard InChI is InChI=1S/C24H27FN6O3/c1-16(32)26-11-21-15-31(24(33)34-21)20-8-9-22(23(25)10-20)18-6-4-17(5-7-18)12-30-14-19(27-28-30)13-29(2)3/h4-10,14,21H,11-13,15H2,1-3H3,(H,26,32)/t21-/m0/s1. The smallest absolute Gasteiger partial charge is 0.414 e. The maximum atomic E-state index is 15.0. The zero-order chi connectivity index (χ0) is 24.2. The van der Waals surface area contributed by atoms with E-state index >= 15 is 0 Å². The molecule has 1 fully saturated rings. The van der Waals surface area contributed by atoms with Crippen molar-refractivity contribution in [3.05, 3.63) is 65.7 Å². The van der Waals surface area contributed by atoms with Gasteiger partial charge < -0.3 is 15.0 Å². The number of cyclic esters (lactones) is 1. The van der Waals surface area contributed by atoms with Crippen LogP contribution < -0.4 is 10.2 Å². The van der Waals surface area contributed by atoms with Gasteiger partial charge in [0.2, 0.25) is 5.91 Å². The lowest BCUT2D eigenvalue weighted by Crippen LogP contribution is -2.33. The molecule has 1 aliphatic heterocycles. The van der Waals surface area contributed by atoms with Crippen molar-refractivity contribution in [2.45, 2.75) is 26.1 Å². The van der Waals surface area contributed by atoms with E-state index in [1.807, 2.05) is 49.5 Å². The number of rotatable bonds is 8. The normalized spacial score (nSPS) is 15.6. The van der Waals surface area contributed by atoms with Crippen molar-refractivity contribution >= 4 is 17.7 Å². The number of halogens is 1. The van der Waals surface area contributed by atoms with Crippen LogP contribution in [0.3, 0.4) is 0 Å². The second kappa shape index (κ2) is 10.0. The van der Waals surface area contributed by atoms with E-state index in [4.69, 9.17) is 4.74 Å². The number of nitrogens with zero attached hydrogens (tertiary/aromatic N) is 5. The summed E-state index contributed by atoms with van der Waals surface area (Å²) < 4.78 is 22.0. The lowest BCUT2D eigenvalue weighted by atomic mass is 10.0. The second-order valence-corrected chi connectivity index (χ2v) is 8.56. The number of hydrogen-bond acceptors (Lipinski definition) is 6. The van der Waals surface area contributed by atoms with E-state index in [1.54, 1.807) is 16.8 Å². The lowest BCUT2D eigenvalue weighted by Gasteiger charge is -2.14. The van der Waals surface area contributed by atoms with Crippen LogP contribution in [0.2, 0.25) is 0 Å². The molecular weight excluding hydrogens is 439 g/mol. The zero-order valence-corrected chi connectivity index (χ0v) is 19.4. The fourth-order valence-electron chi connectivity index (χ4n) is 3.79. The van der Waals surface area contributed by atoms with Crippen LogP contribution in [0.1, 0.15) is 18.2 Å². The molecule has 10 heteroatoms. The van der Waals surface area contributed by atoms with E-state index in [9.17, 15) is 14.0 Å². The van der Waals surface area contributed by atoms with Gasteiger partial charge in [0.25, 0.3) is 0 Å². The fraction of sp³-hybridized carbons (Fsp3) is 0.333. The van der Waals surface area contributed by atoms with Gasteiger partial charge in [-0.2, -0.15) is 0 Å². The summed E-state index contributed by atoms with van der Waals surface area (Å²) in [6.45, 7) is 3.14. The van der Waals surface area contributed by atoms with Gasteiger partial charge in [-0.05, 0) is 43.4 Å². The van der Waals surface area contributed by atoms with E-state index in [1.165, 1.54) is 17.9 Å². The largest absolute Gasteiger partial charge is 0.442 e. The monoisotopic (exact) mass is 466 g/mol. The summed E-state index contributed by atoms with van der Waals surface area (Å²) in [6.07, 6.45) is 0.875. The minimum absolute atomic E-state index is 0.203. The van der Waals surface area contributed by atoms with Crippen LogP contribution >= 0.6 is 0 Å². The van der Waals surface area contributed by atoms with E-state index in [-0.39, 0.29) is 19.0 Å². The summed E-state index contributed by atoms with van der Waals surface area (Å²) in [5, 5.41) is 10.9. The number of aromatic nitrogens is 3. The first kappa shape index (κ1) is 23.4. The average Bonchev–Trinajstić information content (AvgIpc) is 3.38. The Morgan fingerprint density at radius 1 is 1.24 bits per heavy atom. The third-order valence-electron chi connectivity index (χ3n) is 5.39. The van der Waals surface area contributed by atoms with E-state index in [2.05, 4.69) is 15.6 Å². The molecule has 1 saturated heterocycles. The Kier molecular flexibility index (Phi) is 6.87. The Morgan fingerprint density at radius 3 is 2.68 bits per heavy atom. The molecule has 3 aromatic rings. The number of carbonyl (C=O) groups is 2. The Morgan fingerprint density at radius 2 is 2.00 bits per heavy atom. The minimum Gasteiger partial charge on any atom is -0.442 e. The highest BCUT2D eigenvalue weighted by atomic mass is 19.1. The Bertz CT molecular complexity index is 1180. The number of amides is 2. The molecule has 9 nitrogen and oxygen atoms in total. The van der Waals surface area contributed by atoms with Gasteiger partial charge in [0.1, 0.15) is 11.9 Å². The first-order valence-corrected chi connectivity index (χ1v) is 10.9. The van der Waals surface area contributed by atoms with Crippen molar-refractivity contribution < 1.29 is 18.7 Å². The number of anilines is 1. The van der Waals surface area contributed by atoms with Gasteiger partial charge in [-0.3, -0.25) is 9.69 Å². The quantitative estimate of drug-likeness (QED) is 0.549. The summed E-state index contributed by atoms with van der Waals surface area (Å²) in [5.74, 6) is -0.640. The Balaban J connectivity index is 1.42. The molecule has 4 rings (SSSR count). The molecule has 0 saturated carbocycles. The third-order valence-corrected chi connectivity index (χ3v) is 5.39. The van der Waals surface area contributed by atoms with Crippen molar-refractivity contribution in [1.82, 2.24) is 25.2 Å². The predicted octanol–water partition coefficient (Wildman–Crippen LogP) is 2.66. The van der Waals surface area contributed by atoms with Crippen LogP contribution in [0.5, 0.6) is 0 Å². The number of benzene rings is 2. The van der Waals surface area contributed by atoms with Crippen molar-refractivity contribution in [3.8, 4) is 11.1 Å². The zero-order valence-electron chi connectivity index (χ0n) is 19.4. The molecule has 2 amide bonds. The lowest BCUT2D eigenvalue weighted by molar-refractivity contribution is -0.119. The first-order chi connectivity index (χ1) is 16.3. The Labute approximate surface area is 197 Å². The number of hydrogen-bond donors (Lipinski definition) is 1. The summed E-state index contributed by atoms with van der Waals surface area (Å²) >= 11 is 0. The van der Waals surface area contributed by atoms with E-state index in [0.29, 0.717) is 17.8 Å². The van der Waals surface area contributed by atoms with Gasteiger partial charge in [-0.25, -0.2) is 13.9 Å². The average molecular weight is 467 g/mol. The molecular formula is C24H27FN6O3. The second-order valence-electron chi connectivity index (χ2n) is 8.56. The van der Waals surface area contributed by atoms with E-state index < -0.39 is 18.0 Å². The van der Waals surface area contributed by atoms with E-state index in [0.717, 1.165) is 23.4 Å². The molecule has 2 aromatic carbocycles. The van der Waals surface area contributed by atoms with Gasteiger partial charge in [-0.1, -0.05) is 29.5 Å². The van der Waals surface area contributed by atoms with Crippen molar-refractivity contribution in [3.63, 3.8) is 0 Å². The summed E-state index contributed by atoms with van der Waals surface area (Å²) in [6, 6.07) is 12.3. The van der Waals surface area contributed by atoms with Crippen LogP contribution in [0.25, 0.3) is 11.1 Å². The molecule has 0 radical (unpaired) electrons. The predicted molar refractivity (Wildman–Crippen MR) is 125 cm³/mol. The van der Waals surface area contributed by atoms with Gasteiger partial charge in [0.05, 0.1) is 37.2 Å². The van der Waals surface area contributed by atoms with Crippen LogP contribution in [0.4, 0.5) is 14.9 Å². The molecule has 178 valence electrons. The molecule has 1 atom stereocenters. The number of nitrogens with one attached hydrogen (secondary N) is 1.